The molecule has 126 valence electrons. The summed E-state index contributed by atoms with van der Waals surface area (Å²) in [5.74, 6) is 0.567. The van der Waals surface area contributed by atoms with Crippen molar-refractivity contribution in [3.63, 3.8) is 0 Å². The van der Waals surface area contributed by atoms with Gasteiger partial charge in [-0.05, 0) is 19.3 Å². The molecule has 2 amide bonds. The SMILES string of the molecule is CCCN1C(=O)[C@@H]2CC[C@H]1CN(C(=O)CSc1nnc(N)s1)C2. The molecule has 0 aliphatic carbocycles. The molecule has 3 aliphatic rings. The second-order valence-corrected chi connectivity index (χ2v) is 8.18. The van der Waals surface area contributed by atoms with Crippen molar-refractivity contribution in [3.8, 4) is 0 Å². The van der Waals surface area contributed by atoms with Crippen molar-refractivity contribution < 1.29 is 9.59 Å². The summed E-state index contributed by atoms with van der Waals surface area (Å²) in [4.78, 5) is 28.9. The van der Waals surface area contributed by atoms with Gasteiger partial charge in [-0.1, -0.05) is 30.0 Å². The van der Waals surface area contributed by atoms with Crippen LogP contribution in [0.1, 0.15) is 26.2 Å². The Labute approximate surface area is 143 Å². The molecule has 2 N–H and O–H groups in total. The Balaban J connectivity index is 1.62. The first-order chi connectivity index (χ1) is 11.1. The number of fused-ring (bicyclic) bond motifs is 4. The summed E-state index contributed by atoms with van der Waals surface area (Å²) in [5, 5.41) is 8.07. The van der Waals surface area contributed by atoms with Crippen LogP contribution in [0.25, 0.3) is 0 Å². The topological polar surface area (TPSA) is 92.4 Å². The summed E-state index contributed by atoms with van der Waals surface area (Å²) in [7, 11) is 0. The highest BCUT2D eigenvalue weighted by Gasteiger charge is 2.41. The Morgan fingerprint density at radius 1 is 1.39 bits per heavy atom. The fourth-order valence-corrected chi connectivity index (χ4v) is 4.81. The van der Waals surface area contributed by atoms with Crippen molar-refractivity contribution in [1.29, 1.82) is 0 Å². The van der Waals surface area contributed by atoms with Gasteiger partial charge in [-0.3, -0.25) is 9.59 Å². The number of nitrogens with two attached hydrogens (primary N) is 1. The Kier molecular flexibility index (Phi) is 5.05. The fourth-order valence-electron chi connectivity index (χ4n) is 3.27. The van der Waals surface area contributed by atoms with Gasteiger partial charge < -0.3 is 15.5 Å². The highest BCUT2D eigenvalue weighted by Crippen LogP contribution is 2.30. The molecule has 2 atom stereocenters. The van der Waals surface area contributed by atoms with Crippen molar-refractivity contribution in [2.75, 3.05) is 31.1 Å². The molecule has 4 rings (SSSR count). The average Bonchev–Trinajstić information content (AvgIpc) is 2.77. The normalized spacial score (nSPS) is 24.1. The van der Waals surface area contributed by atoms with E-state index in [0.29, 0.717) is 28.3 Å². The molecule has 3 saturated heterocycles. The van der Waals surface area contributed by atoms with Crippen molar-refractivity contribution in [1.82, 2.24) is 20.0 Å². The summed E-state index contributed by atoms with van der Waals surface area (Å²) in [6, 6.07) is 0.173. The van der Waals surface area contributed by atoms with Crippen LogP contribution in [0.2, 0.25) is 0 Å². The Morgan fingerprint density at radius 2 is 2.22 bits per heavy atom. The van der Waals surface area contributed by atoms with E-state index >= 15 is 0 Å². The lowest BCUT2D eigenvalue weighted by atomic mass is 9.94. The van der Waals surface area contributed by atoms with E-state index in [1.165, 1.54) is 23.1 Å². The third-order valence-corrected chi connectivity index (χ3v) is 6.22. The molecule has 0 radical (unpaired) electrons. The lowest BCUT2D eigenvalue weighted by molar-refractivity contribution is -0.139. The smallest absolute Gasteiger partial charge is 0.233 e. The van der Waals surface area contributed by atoms with E-state index in [2.05, 4.69) is 17.1 Å². The van der Waals surface area contributed by atoms with Gasteiger partial charge in [-0.15, -0.1) is 10.2 Å². The van der Waals surface area contributed by atoms with E-state index in [4.69, 9.17) is 5.73 Å². The zero-order valence-corrected chi connectivity index (χ0v) is 14.7. The second-order valence-electron chi connectivity index (χ2n) is 5.95. The number of nitrogen functional groups attached to an aromatic ring is 1. The molecule has 3 fully saturated rings. The van der Waals surface area contributed by atoms with E-state index in [-0.39, 0.29) is 23.8 Å². The molecule has 3 aliphatic heterocycles. The number of thioether (sulfide) groups is 1. The first-order valence-corrected chi connectivity index (χ1v) is 9.68. The van der Waals surface area contributed by atoms with Gasteiger partial charge in [0.25, 0.3) is 0 Å². The largest absolute Gasteiger partial charge is 0.374 e. The molecule has 7 nitrogen and oxygen atoms in total. The molecule has 1 aromatic heterocycles. The lowest BCUT2D eigenvalue weighted by Gasteiger charge is -2.35. The molecule has 0 aromatic carbocycles. The van der Waals surface area contributed by atoms with Crippen LogP contribution in [0, 0.1) is 5.92 Å². The summed E-state index contributed by atoms with van der Waals surface area (Å²) >= 11 is 2.65. The van der Waals surface area contributed by atoms with Crippen LogP contribution < -0.4 is 5.73 Å². The summed E-state index contributed by atoms with van der Waals surface area (Å²) < 4.78 is 0.706. The van der Waals surface area contributed by atoms with Gasteiger partial charge >= 0.3 is 0 Å². The molecule has 2 bridgehead atoms. The maximum Gasteiger partial charge on any atom is 0.233 e. The van der Waals surface area contributed by atoms with E-state index in [0.717, 1.165) is 25.8 Å². The summed E-state index contributed by atoms with van der Waals surface area (Å²) in [6.07, 6.45) is 2.85. The summed E-state index contributed by atoms with van der Waals surface area (Å²) in [5.41, 5.74) is 5.55. The number of carbonyl (C=O) groups is 2. The molecular formula is C14H21N5O2S2. The minimum absolute atomic E-state index is 0.0357. The minimum atomic E-state index is -0.0357. The van der Waals surface area contributed by atoms with Crippen LogP contribution in [-0.4, -0.2) is 63.2 Å². The van der Waals surface area contributed by atoms with Gasteiger partial charge in [0.2, 0.25) is 16.9 Å². The van der Waals surface area contributed by atoms with Gasteiger partial charge in [0.15, 0.2) is 4.34 Å². The summed E-state index contributed by atoms with van der Waals surface area (Å²) in [6.45, 7) is 4.08. The molecular weight excluding hydrogens is 334 g/mol. The maximum absolute atomic E-state index is 12.5. The van der Waals surface area contributed by atoms with Crippen molar-refractivity contribution >= 4 is 40.0 Å². The first-order valence-electron chi connectivity index (χ1n) is 7.88. The monoisotopic (exact) mass is 355 g/mol. The predicted octanol–water partition coefficient (Wildman–Crippen LogP) is 1.07. The molecule has 4 heterocycles. The third kappa shape index (κ3) is 3.60. The van der Waals surface area contributed by atoms with E-state index in [1.807, 2.05) is 9.80 Å². The van der Waals surface area contributed by atoms with Crippen LogP contribution >= 0.6 is 23.1 Å². The maximum atomic E-state index is 12.5. The molecule has 23 heavy (non-hydrogen) atoms. The van der Waals surface area contributed by atoms with Crippen molar-refractivity contribution in [3.05, 3.63) is 0 Å². The quantitative estimate of drug-likeness (QED) is 0.794. The van der Waals surface area contributed by atoms with E-state index < -0.39 is 0 Å². The molecule has 9 heteroatoms. The van der Waals surface area contributed by atoms with Gasteiger partial charge in [-0.2, -0.15) is 0 Å². The highest BCUT2D eigenvalue weighted by molar-refractivity contribution is 8.01. The Bertz CT molecular complexity index is 593. The molecule has 0 saturated carbocycles. The second kappa shape index (κ2) is 7.04. The number of nitrogens with zero attached hydrogens (tertiary/aromatic N) is 4. The Morgan fingerprint density at radius 3 is 2.91 bits per heavy atom. The van der Waals surface area contributed by atoms with Gasteiger partial charge in [0, 0.05) is 25.7 Å². The van der Waals surface area contributed by atoms with Crippen LogP contribution in [0.5, 0.6) is 0 Å². The number of hydrogen-bond acceptors (Lipinski definition) is 7. The van der Waals surface area contributed by atoms with Crippen LogP contribution in [0.3, 0.4) is 0 Å². The number of aromatic nitrogens is 2. The zero-order valence-electron chi connectivity index (χ0n) is 13.1. The number of piperidine rings is 1. The number of anilines is 1. The molecule has 1 aromatic rings. The van der Waals surface area contributed by atoms with Gasteiger partial charge in [-0.25, -0.2) is 0 Å². The van der Waals surface area contributed by atoms with E-state index in [1.54, 1.807) is 0 Å². The van der Waals surface area contributed by atoms with Gasteiger partial charge in [0.1, 0.15) is 0 Å². The standard InChI is InChI=1S/C14H21N5O2S2/c1-2-5-19-10-4-3-9(12(19)21)6-18(7-10)11(20)8-22-14-17-16-13(15)23-14/h9-10H,2-8H2,1H3,(H2,15,16)/t9-,10+/m1/s1. The third-order valence-electron chi connectivity index (χ3n) is 4.35. The van der Waals surface area contributed by atoms with Crippen molar-refractivity contribution in [2.24, 2.45) is 5.92 Å². The number of carbonyl (C=O) groups excluding carboxylic acids is 2. The zero-order chi connectivity index (χ0) is 16.4. The van der Waals surface area contributed by atoms with Crippen LogP contribution in [0.4, 0.5) is 5.13 Å². The minimum Gasteiger partial charge on any atom is -0.374 e. The lowest BCUT2D eigenvalue weighted by Crippen LogP contribution is -2.48. The highest BCUT2D eigenvalue weighted by atomic mass is 32.2. The van der Waals surface area contributed by atoms with Gasteiger partial charge in [0.05, 0.1) is 11.7 Å². The number of hydrogen-bond donors (Lipinski definition) is 1. The van der Waals surface area contributed by atoms with E-state index in [9.17, 15) is 9.59 Å². The predicted molar refractivity (Wildman–Crippen MR) is 90.1 cm³/mol. The molecule has 0 spiro atoms. The Hall–Kier alpha value is -1.35. The number of amides is 2. The number of rotatable bonds is 5. The first kappa shape index (κ1) is 16.5. The average molecular weight is 355 g/mol. The van der Waals surface area contributed by atoms with Crippen LogP contribution in [-0.2, 0) is 9.59 Å². The van der Waals surface area contributed by atoms with Crippen molar-refractivity contribution in [2.45, 2.75) is 36.6 Å². The van der Waals surface area contributed by atoms with Crippen LogP contribution in [0.15, 0.2) is 4.34 Å². The fraction of sp³-hybridized carbons (Fsp3) is 0.714. The molecule has 0 unspecified atom stereocenters.